The summed E-state index contributed by atoms with van der Waals surface area (Å²) in [6, 6.07) is 10.2. The van der Waals surface area contributed by atoms with Gasteiger partial charge in [-0.25, -0.2) is 9.59 Å². The van der Waals surface area contributed by atoms with Crippen molar-refractivity contribution in [2.45, 2.75) is 44.9 Å². The molecule has 0 saturated carbocycles. The first-order valence-electron chi connectivity index (χ1n) is 11.6. The van der Waals surface area contributed by atoms with Crippen molar-refractivity contribution in [3.8, 4) is 0 Å². The van der Waals surface area contributed by atoms with Crippen molar-refractivity contribution in [2.24, 2.45) is 5.92 Å². The second kappa shape index (κ2) is 12.7. The molecule has 1 aliphatic rings. The van der Waals surface area contributed by atoms with E-state index in [9.17, 15) is 44.8 Å². The zero-order valence-electron chi connectivity index (χ0n) is 20.6. The number of likely N-dealkylation sites (tertiary alicyclic amines) is 1. The summed E-state index contributed by atoms with van der Waals surface area (Å²) in [4.78, 5) is 59.1. The molecule has 3 rings (SSSR count). The number of hydrogen-bond acceptors (Lipinski definition) is 12. The maximum absolute atomic E-state index is 12.8. The second-order valence-corrected chi connectivity index (χ2v) is 8.47. The van der Waals surface area contributed by atoms with E-state index >= 15 is 0 Å². The summed E-state index contributed by atoms with van der Waals surface area (Å²) in [6.45, 7) is -0.0563. The molecule has 0 radical (unpaired) electrons. The van der Waals surface area contributed by atoms with Crippen LogP contribution >= 0.6 is 0 Å². The lowest BCUT2D eigenvalue weighted by Crippen LogP contribution is -2.69. The van der Waals surface area contributed by atoms with Crippen LogP contribution in [0.5, 0.6) is 0 Å². The molecule has 15 nitrogen and oxygen atoms in total. The van der Waals surface area contributed by atoms with Crippen molar-refractivity contribution in [2.75, 3.05) is 6.61 Å². The van der Waals surface area contributed by atoms with Crippen molar-refractivity contribution in [1.82, 2.24) is 4.90 Å². The van der Waals surface area contributed by atoms with Gasteiger partial charge in [-0.2, -0.15) is 0 Å². The Labute approximate surface area is 220 Å². The summed E-state index contributed by atoms with van der Waals surface area (Å²) in [5.41, 5.74) is -0.352. The minimum atomic E-state index is -2.08. The number of rotatable bonds is 12. The molecule has 0 bridgehead atoms. The minimum Gasteiger partial charge on any atom is -0.457 e. The summed E-state index contributed by atoms with van der Waals surface area (Å²) in [6.07, 6.45) is -4.48. The van der Waals surface area contributed by atoms with Crippen LogP contribution in [-0.2, 0) is 37.0 Å². The van der Waals surface area contributed by atoms with Gasteiger partial charge in [0.25, 0.3) is 11.4 Å². The fraction of sp³-hybridized carbons (Fsp3) is 0.375. The standard InChI is InChI=1S/C24H25N3O12/c1-14(39-24(32)38-13-16-7-3-5-9-18(16)27(35)36)20-19(10-11-28)25(21(20)29)22(30)23(31)37-12-15-6-2-4-8-17(15)26(33)34/h2-9,14,19-20,22,28,30H,10-13H2,1H3/t14-,19-,20-,22?/m0/s1. The molecule has 15 heteroatoms. The van der Waals surface area contributed by atoms with Gasteiger partial charge in [0.05, 0.1) is 32.9 Å². The number of β-lactam (4-membered cyclic amide) rings is 1. The Hall–Kier alpha value is -4.63. The number of aliphatic hydroxyl groups excluding tert-OH is 2. The van der Waals surface area contributed by atoms with Crippen LogP contribution in [0.3, 0.4) is 0 Å². The molecule has 1 saturated heterocycles. The van der Waals surface area contributed by atoms with Crippen molar-refractivity contribution < 1.29 is 48.7 Å². The monoisotopic (exact) mass is 547 g/mol. The highest BCUT2D eigenvalue weighted by atomic mass is 16.7. The molecular weight excluding hydrogens is 522 g/mol. The van der Waals surface area contributed by atoms with Crippen LogP contribution in [0, 0.1) is 26.1 Å². The van der Waals surface area contributed by atoms with Gasteiger partial charge >= 0.3 is 12.1 Å². The highest BCUT2D eigenvalue weighted by molar-refractivity contribution is 5.91. The van der Waals surface area contributed by atoms with E-state index in [-0.39, 0.29) is 28.9 Å². The van der Waals surface area contributed by atoms with Crippen molar-refractivity contribution in [3.63, 3.8) is 0 Å². The van der Waals surface area contributed by atoms with E-state index in [4.69, 9.17) is 14.2 Å². The highest BCUT2D eigenvalue weighted by Gasteiger charge is 2.55. The number of nitro benzene ring substituents is 2. The number of para-hydroxylation sites is 2. The number of esters is 1. The summed E-state index contributed by atoms with van der Waals surface area (Å²) in [5, 5.41) is 42.1. The van der Waals surface area contributed by atoms with Gasteiger partial charge in [-0.05, 0) is 25.5 Å². The second-order valence-electron chi connectivity index (χ2n) is 8.47. The van der Waals surface area contributed by atoms with Gasteiger partial charge < -0.3 is 29.3 Å². The largest absolute Gasteiger partial charge is 0.508 e. The van der Waals surface area contributed by atoms with E-state index in [1.54, 1.807) is 0 Å². The average Bonchev–Trinajstić information content (AvgIpc) is 2.90. The van der Waals surface area contributed by atoms with Gasteiger partial charge in [0.2, 0.25) is 12.1 Å². The Morgan fingerprint density at radius 1 is 0.974 bits per heavy atom. The fourth-order valence-corrected chi connectivity index (χ4v) is 4.21. The molecule has 2 aromatic carbocycles. The Morgan fingerprint density at radius 3 is 2.00 bits per heavy atom. The smallest absolute Gasteiger partial charge is 0.457 e. The van der Waals surface area contributed by atoms with Crippen LogP contribution in [0.4, 0.5) is 16.2 Å². The van der Waals surface area contributed by atoms with E-state index in [2.05, 4.69) is 0 Å². The molecule has 2 aromatic rings. The fourth-order valence-electron chi connectivity index (χ4n) is 4.21. The Balaban J connectivity index is 1.59. The van der Waals surface area contributed by atoms with Crippen LogP contribution in [-0.4, -0.2) is 68.0 Å². The molecule has 0 aliphatic carbocycles. The predicted octanol–water partition coefficient (Wildman–Crippen LogP) is 1.82. The van der Waals surface area contributed by atoms with Gasteiger partial charge in [-0.1, -0.05) is 24.3 Å². The summed E-state index contributed by atoms with van der Waals surface area (Å²) in [7, 11) is 0. The van der Waals surface area contributed by atoms with Crippen molar-refractivity contribution in [1.29, 1.82) is 0 Å². The molecule has 208 valence electrons. The third-order valence-corrected chi connectivity index (χ3v) is 6.09. The van der Waals surface area contributed by atoms with Crippen molar-refractivity contribution >= 4 is 29.4 Å². The number of nitrogens with zero attached hydrogens (tertiary/aromatic N) is 3. The molecule has 1 heterocycles. The first-order chi connectivity index (χ1) is 18.6. The highest BCUT2D eigenvalue weighted by Crippen LogP contribution is 2.35. The van der Waals surface area contributed by atoms with E-state index in [0.29, 0.717) is 0 Å². The molecule has 39 heavy (non-hydrogen) atoms. The van der Waals surface area contributed by atoms with Crippen LogP contribution in [0.25, 0.3) is 0 Å². The number of carbonyl (C=O) groups is 3. The van der Waals surface area contributed by atoms with Gasteiger partial charge in [0.15, 0.2) is 0 Å². The number of aliphatic hydroxyl groups is 2. The summed E-state index contributed by atoms with van der Waals surface area (Å²) < 4.78 is 15.0. The van der Waals surface area contributed by atoms with Crippen LogP contribution < -0.4 is 0 Å². The molecule has 0 spiro atoms. The summed E-state index contributed by atoms with van der Waals surface area (Å²) in [5.74, 6) is -3.07. The van der Waals surface area contributed by atoms with Gasteiger partial charge in [-0.15, -0.1) is 0 Å². The molecule has 1 unspecified atom stereocenters. The van der Waals surface area contributed by atoms with E-state index < -0.39 is 72.0 Å². The maximum atomic E-state index is 12.8. The third-order valence-electron chi connectivity index (χ3n) is 6.09. The van der Waals surface area contributed by atoms with E-state index in [1.165, 1.54) is 55.5 Å². The molecule has 1 amide bonds. The maximum Gasteiger partial charge on any atom is 0.508 e. The quantitative estimate of drug-likeness (QED) is 0.169. The number of carbonyl (C=O) groups excluding carboxylic acids is 3. The molecule has 4 atom stereocenters. The lowest BCUT2D eigenvalue weighted by atomic mass is 9.81. The topological polar surface area (TPSA) is 209 Å². The zero-order valence-corrected chi connectivity index (χ0v) is 20.6. The lowest BCUT2D eigenvalue weighted by Gasteiger charge is -2.49. The van der Waals surface area contributed by atoms with E-state index in [0.717, 1.165) is 4.90 Å². The van der Waals surface area contributed by atoms with Gasteiger partial charge in [0, 0.05) is 18.7 Å². The third kappa shape index (κ3) is 6.63. The molecular formula is C24H25N3O12. The zero-order chi connectivity index (χ0) is 28.7. The number of nitro groups is 2. The average molecular weight is 547 g/mol. The normalized spacial score (nSPS) is 17.9. The molecule has 2 N–H and O–H groups in total. The predicted molar refractivity (Wildman–Crippen MR) is 129 cm³/mol. The molecule has 0 aromatic heterocycles. The van der Waals surface area contributed by atoms with Gasteiger partial charge in [-0.3, -0.25) is 25.0 Å². The van der Waals surface area contributed by atoms with E-state index in [1.807, 2.05) is 0 Å². The number of amides is 1. The first kappa shape index (κ1) is 28.9. The molecule has 1 aliphatic heterocycles. The van der Waals surface area contributed by atoms with Crippen LogP contribution in [0.15, 0.2) is 48.5 Å². The van der Waals surface area contributed by atoms with Crippen molar-refractivity contribution in [3.05, 3.63) is 79.9 Å². The SMILES string of the molecule is C[C@H](OC(=O)OCc1ccccc1[N+](=O)[O-])[C@@H]1C(=O)N(C(O)C(=O)OCc2ccccc2[N+](=O)[O-])[C@H]1CCO. The summed E-state index contributed by atoms with van der Waals surface area (Å²) >= 11 is 0. The Bertz CT molecular complexity index is 1250. The Morgan fingerprint density at radius 2 is 1.49 bits per heavy atom. The number of benzene rings is 2. The number of hydrogen-bond donors (Lipinski definition) is 2. The Kier molecular flexibility index (Phi) is 9.46. The minimum absolute atomic E-state index is 0.0733. The van der Waals surface area contributed by atoms with Gasteiger partial charge in [0.1, 0.15) is 19.3 Å². The first-order valence-corrected chi connectivity index (χ1v) is 11.6. The lowest BCUT2D eigenvalue weighted by molar-refractivity contribution is -0.386. The van der Waals surface area contributed by atoms with Crippen LogP contribution in [0.1, 0.15) is 24.5 Å². The molecule has 1 fully saturated rings. The van der Waals surface area contributed by atoms with Crippen LogP contribution in [0.2, 0.25) is 0 Å². The number of ether oxygens (including phenoxy) is 3.